The van der Waals surface area contributed by atoms with E-state index in [-0.39, 0.29) is 5.75 Å². The molecule has 0 radical (unpaired) electrons. The van der Waals surface area contributed by atoms with Crippen molar-refractivity contribution in [1.82, 2.24) is 5.32 Å². The molecule has 15 atom stereocenters. The van der Waals surface area contributed by atoms with E-state index in [1.165, 1.54) is 6.92 Å². The zero-order chi connectivity index (χ0) is 47.3. The van der Waals surface area contributed by atoms with Crippen molar-refractivity contribution in [2.45, 2.75) is 160 Å². The number of carbonyl (C=O) groups is 9. The van der Waals surface area contributed by atoms with Crippen LogP contribution in [0.1, 0.15) is 69.2 Å². The lowest BCUT2D eigenvalue weighted by atomic mass is 9.94. The summed E-state index contributed by atoms with van der Waals surface area (Å²) in [4.78, 5) is 112. The highest BCUT2D eigenvalue weighted by Gasteiger charge is 2.59. The fourth-order valence-corrected chi connectivity index (χ4v) is 7.79. The second-order valence-electron chi connectivity index (χ2n) is 14.2. The third-order valence-corrected chi connectivity index (χ3v) is 9.97. The van der Waals surface area contributed by atoms with Crippen molar-refractivity contribution >= 4 is 65.4 Å². The molecule has 24 nitrogen and oxygen atoms in total. The molecule has 0 bridgehead atoms. The predicted molar refractivity (Wildman–Crippen MR) is 204 cm³/mol. The molecule has 352 valence electrons. The highest BCUT2D eigenvalue weighted by molar-refractivity contribution is 8.00. The Bertz CT molecular complexity index is 1740. The zero-order valence-electron chi connectivity index (χ0n) is 36.1. The molecule has 1 amide bonds. The molecule has 0 unspecified atom stereocenters. The van der Waals surface area contributed by atoms with Gasteiger partial charge in [-0.05, 0) is 6.92 Å². The number of amides is 1. The van der Waals surface area contributed by atoms with Crippen molar-refractivity contribution in [3.8, 4) is 6.07 Å². The average molecular weight is 921 g/mol. The smallest absolute Gasteiger partial charge is 0.303 e. The second kappa shape index (κ2) is 24.1. The van der Waals surface area contributed by atoms with Crippen LogP contribution in [-0.4, -0.2) is 164 Å². The van der Waals surface area contributed by atoms with Crippen LogP contribution in [0.15, 0.2) is 0 Å². The van der Waals surface area contributed by atoms with E-state index in [0.717, 1.165) is 74.1 Å². The van der Waals surface area contributed by atoms with Gasteiger partial charge in [0.25, 0.3) is 0 Å². The van der Waals surface area contributed by atoms with E-state index in [4.69, 9.17) is 61.6 Å². The van der Waals surface area contributed by atoms with E-state index in [1.54, 1.807) is 0 Å². The number of hydrogen-bond donors (Lipinski definition) is 1. The number of thioether (sulfide) groups is 1. The first-order valence-corrected chi connectivity index (χ1v) is 20.4. The molecule has 63 heavy (non-hydrogen) atoms. The van der Waals surface area contributed by atoms with Crippen LogP contribution in [0.3, 0.4) is 0 Å². The highest BCUT2D eigenvalue weighted by Crippen LogP contribution is 2.39. The molecule has 0 aromatic rings. The Labute approximate surface area is 365 Å². The number of esters is 8. The Balaban J connectivity index is 2.35. The molecular formula is C38H52N2O22S. The summed E-state index contributed by atoms with van der Waals surface area (Å²) in [5.74, 6) is -7.98. The topological polar surface area (TPSA) is 309 Å². The maximum Gasteiger partial charge on any atom is 0.303 e. The van der Waals surface area contributed by atoms with Crippen molar-refractivity contribution in [2.24, 2.45) is 0 Å². The summed E-state index contributed by atoms with van der Waals surface area (Å²) in [6.07, 6.45) is -20.9. The molecule has 3 saturated heterocycles. The first-order chi connectivity index (χ1) is 29.5. The monoisotopic (exact) mass is 920 g/mol. The Morgan fingerprint density at radius 1 is 0.508 bits per heavy atom. The number of nitrogens with zero attached hydrogens (tertiary/aromatic N) is 1. The standard InChI is InChI=1S/C38H52N2O22S/c1-15-28(53-19(5)44)32(55-21(7)46)34(57-23(9)48)36(52-15)61-29-26(14-51-18(4)43)60-38(63-12-11-39)27(40-16(2)41)31(29)62-37-35(58-24(10)49)33(56-22(8)47)30(54-20(6)45)25(59-37)13-50-17(3)42/h15,25-38H,12-14H2,1-10H3,(H,40,41)/t15-,25+,26+,27+,28+,29+,30-,31+,32+,33-,34-,35+,36+,37-,38-/m0/s1. The lowest BCUT2D eigenvalue weighted by Gasteiger charge is -2.51. The number of rotatable bonds is 17. The largest absolute Gasteiger partial charge is 0.463 e. The van der Waals surface area contributed by atoms with Gasteiger partial charge in [-0.3, -0.25) is 43.2 Å². The Hall–Kier alpha value is -5.13. The van der Waals surface area contributed by atoms with Crippen molar-refractivity contribution in [3.63, 3.8) is 0 Å². The van der Waals surface area contributed by atoms with Crippen LogP contribution in [0.4, 0.5) is 0 Å². The molecule has 0 aliphatic carbocycles. The van der Waals surface area contributed by atoms with Crippen LogP contribution in [0.25, 0.3) is 0 Å². The normalized spacial score (nSPS) is 32.6. The third kappa shape index (κ3) is 15.6. The van der Waals surface area contributed by atoms with E-state index in [1.807, 2.05) is 6.07 Å². The highest BCUT2D eigenvalue weighted by atomic mass is 32.2. The number of nitrogens with one attached hydrogen (secondary N) is 1. The quantitative estimate of drug-likeness (QED) is 0.141. The summed E-state index contributed by atoms with van der Waals surface area (Å²) < 4.78 is 75.5. The van der Waals surface area contributed by atoms with Crippen molar-refractivity contribution in [1.29, 1.82) is 5.26 Å². The van der Waals surface area contributed by atoms with Gasteiger partial charge in [0.05, 0.1) is 24.0 Å². The molecule has 0 saturated carbocycles. The summed E-state index contributed by atoms with van der Waals surface area (Å²) >= 11 is 0.870. The second-order valence-corrected chi connectivity index (χ2v) is 15.3. The Kier molecular flexibility index (Phi) is 20.0. The van der Waals surface area contributed by atoms with Crippen LogP contribution in [-0.2, 0) is 105 Å². The van der Waals surface area contributed by atoms with Crippen LogP contribution in [0, 0.1) is 11.3 Å². The van der Waals surface area contributed by atoms with Gasteiger partial charge in [-0.15, -0.1) is 11.8 Å². The van der Waals surface area contributed by atoms with Gasteiger partial charge in [0.2, 0.25) is 5.91 Å². The first kappa shape index (κ1) is 52.2. The number of carbonyl (C=O) groups excluding carboxylic acids is 9. The van der Waals surface area contributed by atoms with Gasteiger partial charge in [0, 0.05) is 62.3 Å². The molecule has 3 fully saturated rings. The Morgan fingerprint density at radius 2 is 0.905 bits per heavy atom. The fraction of sp³-hybridized carbons (Fsp3) is 0.737. The summed E-state index contributed by atoms with van der Waals surface area (Å²) in [7, 11) is 0. The summed E-state index contributed by atoms with van der Waals surface area (Å²) in [5, 5.41) is 12.3. The minimum Gasteiger partial charge on any atom is -0.463 e. The molecule has 3 heterocycles. The molecule has 3 aliphatic heterocycles. The molecule has 3 aliphatic rings. The fourth-order valence-electron chi connectivity index (χ4n) is 6.90. The van der Waals surface area contributed by atoms with E-state index >= 15 is 0 Å². The van der Waals surface area contributed by atoms with Crippen molar-refractivity contribution in [2.75, 3.05) is 19.0 Å². The number of nitriles is 1. The SMILES string of the molecule is CC(=O)N[C@@H]1[C@@H](O[C@@H]2O[C@H](COC(C)=O)[C@H](OC(C)=O)[C@H](OC(C)=O)[C@H]2OC(C)=O)[C@H](O[C@H]2O[C@@H](C)[C@@H](OC(C)=O)[C@@H](OC(C)=O)[C@@H]2OC(C)=O)[C@@H](COC(C)=O)O[C@H]1SCC#N. The molecule has 0 aromatic carbocycles. The molecule has 0 spiro atoms. The van der Waals surface area contributed by atoms with Crippen LogP contribution in [0.5, 0.6) is 0 Å². The minimum atomic E-state index is -1.91. The molecule has 1 N–H and O–H groups in total. The lowest BCUT2D eigenvalue weighted by Crippen LogP contribution is -2.70. The minimum absolute atomic E-state index is 0.238. The van der Waals surface area contributed by atoms with Gasteiger partial charge in [-0.2, -0.15) is 5.26 Å². The maximum absolute atomic E-state index is 12.9. The lowest BCUT2D eigenvalue weighted by molar-refractivity contribution is -0.359. The van der Waals surface area contributed by atoms with Crippen molar-refractivity contribution < 1.29 is 105 Å². The average Bonchev–Trinajstić information content (AvgIpc) is 3.15. The summed E-state index contributed by atoms with van der Waals surface area (Å²) in [6.45, 7) is 9.66. The van der Waals surface area contributed by atoms with Gasteiger partial charge in [0.15, 0.2) is 49.2 Å². The molecule has 25 heteroatoms. The number of ether oxygens (including phenoxy) is 13. The summed E-state index contributed by atoms with van der Waals surface area (Å²) in [6, 6.07) is 0.558. The van der Waals surface area contributed by atoms with E-state index in [9.17, 15) is 48.4 Å². The van der Waals surface area contributed by atoms with Gasteiger partial charge < -0.3 is 66.9 Å². The van der Waals surface area contributed by atoms with Crippen LogP contribution >= 0.6 is 11.8 Å². The number of hydrogen-bond acceptors (Lipinski definition) is 24. The van der Waals surface area contributed by atoms with Gasteiger partial charge >= 0.3 is 47.8 Å². The third-order valence-electron chi connectivity index (χ3n) is 8.94. The zero-order valence-corrected chi connectivity index (χ0v) is 36.9. The molecule has 0 aromatic heterocycles. The first-order valence-electron chi connectivity index (χ1n) is 19.4. The Morgan fingerprint density at radius 3 is 1.35 bits per heavy atom. The van der Waals surface area contributed by atoms with E-state index < -0.39 is 158 Å². The molecule has 3 rings (SSSR count). The predicted octanol–water partition coefficient (Wildman–Crippen LogP) is -0.571. The van der Waals surface area contributed by atoms with Crippen LogP contribution in [0.2, 0.25) is 0 Å². The van der Waals surface area contributed by atoms with Gasteiger partial charge in [-0.25, -0.2) is 0 Å². The molecular weight excluding hydrogens is 868 g/mol. The van der Waals surface area contributed by atoms with Crippen LogP contribution < -0.4 is 5.32 Å². The summed E-state index contributed by atoms with van der Waals surface area (Å²) in [5.41, 5.74) is -1.23. The van der Waals surface area contributed by atoms with E-state index in [2.05, 4.69) is 5.32 Å². The van der Waals surface area contributed by atoms with Gasteiger partial charge in [0.1, 0.15) is 43.1 Å². The van der Waals surface area contributed by atoms with E-state index in [0.29, 0.717) is 0 Å². The maximum atomic E-state index is 12.9. The van der Waals surface area contributed by atoms with Crippen molar-refractivity contribution in [3.05, 3.63) is 0 Å². The van der Waals surface area contributed by atoms with Gasteiger partial charge in [-0.1, -0.05) is 0 Å².